The quantitative estimate of drug-likeness (QED) is 0.660. The van der Waals surface area contributed by atoms with Crippen molar-refractivity contribution in [2.75, 3.05) is 6.61 Å². The molecule has 1 heterocycles. The van der Waals surface area contributed by atoms with Crippen molar-refractivity contribution >= 4 is 0 Å². The zero-order chi connectivity index (χ0) is 11.5. The maximum absolute atomic E-state index is 9.73. The molecule has 1 aromatic carbocycles. The minimum absolute atomic E-state index is 0.274. The lowest BCUT2D eigenvalue weighted by atomic mass is 10.0. The smallest absolute Gasteiger partial charge is 0.111 e. The molecule has 2 unspecified atom stereocenters. The van der Waals surface area contributed by atoms with Gasteiger partial charge in [0, 0.05) is 6.42 Å². The molecule has 3 N–H and O–H groups in total. The van der Waals surface area contributed by atoms with Gasteiger partial charge in [0.2, 0.25) is 0 Å². The number of benzene rings is 1. The standard InChI is InChI=1S/C12H16O4/c13-7-10-12(15)11(14)9(16-10)6-8-4-2-1-3-5-8/h1-5,9-15H,6-7H2/t9-,10+,11?,12?/m0/s1. The van der Waals surface area contributed by atoms with E-state index in [0.29, 0.717) is 6.42 Å². The third-order valence-corrected chi connectivity index (χ3v) is 2.92. The van der Waals surface area contributed by atoms with Crippen LogP contribution in [0.1, 0.15) is 5.56 Å². The van der Waals surface area contributed by atoms with Gasteiger partial charge in [-0.25, -0.2) is 0 Å². The van der Waals surface area contributed by atoms with Crippen molar-refractivity contribution in [2.24, 2.45) is 0 Å². The Morgan fingerprint density at radius 1 is 1.00 bits per heavy atom. The van der Waals surface area contributed by atoms with Gasteiger partial charge in [-0.1, -0.05) is 30.3 Å². The fourth-order valence-electron chi connectivity index (χ4n) is 1.99. The van der Waals surface area contributed by atoms with Crippen LogP contribution in [0.15, 0.2) is 30.3 Å². The fourth-order valence-corrected chi connectivity index (χ4v) is 1.99. The van der Waals surface area contributed by atoms with E-state index < -0.39 is 24.4 Å². The van der Waals surface area contributed by atoms with Gasteiger partial charge >= 0.3 is 0 Å². The minimum atomic E-state index is -1.00. The molecule has 0 spiro atoms. The fraction of sp³-hybridized carbons (Fsp3) is 0.500. The van der Waals surface area contributed by atoms with Crippen molar-refractivity contribution in [1.82, 2.24) is 0 Å². The average Bonchev–Trinajstić information content (AvgIpc) is 2.58. The lowest BCUT2D eigenvalue weighted by Crippen LogP contribution is -2.34. The van der Waals surface area contributed by atoms with Crippen LogP contribution in [0, 0.1) is 0 Å². The minimum Gasteiger partial charge on any atom is -0.394 e. The van der Waals surface area contributed by atoms with Crippen molar-refractivity contribution in [1.29, 1.82) is 0 Å². The Morgan fingerprint density at radius 3 is 2.19 bits per heavy atom. The summed E-state index contributed by atoms with van der Waals surface area (Å²) in [5.41, 5.74) is 1.04. The first-order chi connectivity index (χ1) is 7.72. The van der Waals surface area contributed by atoms with E-state index in [9.17, 15) is 10.2 Å². The predicted octanol–water partition coefficient (Wildman–Crippen LogP) is -0.289. The number of aliphatic hydroxyl groups excluding tert-OH is 3. The van der Waals surface area contributed by atoms with Gasteiger partial charge in [-0.3, -0.25) is 0 Å². The highest BCUT2D eigenvalue weighted by Gasteiger charge is 2.41. The summed E-state index contributed by atoms with van der Waals surface area (Å²) < 4.78 is 5.39. The topological polar surface area (TPSA) is 69.9 Å². The highest BCUT2D eigenvalue weighted by atomic mass is 16.6. The Morgan fingerprint density at radius 2 is 1.62 bits per heavy atom. The van der Waals surface area contributed by atoms with Crippen molar-refractivity contribution in [3.05, 3.63) is 35.9 Å². The van der Waals surface area contributed by atoms with E-state index in [1.807, 2.05) is 30.3 Å². The van der Waals surface area contributed by atoms with Crippen LogP contribution in [0.4, 0.5) is 0 Å². The molecular formula is C12H16O4. The van der Waals surface area contributed by atoms with Gasteiger partial charge in [0.1, 0.15) is 18.3 Å². The monoisotopic (exact) mass is 224 g/mol. The van der Waals surface area contributed by atoms with Crippen LogP contribution in [-0.2, 0) is 11.2 Å². The molecule has 1 fully saturated rings. The normalized spacial score (nSPS) is 34.2. The van der Waals surface area contributed by atoms with E-state index in [-0.39, 0.29) is 6.61 Å². The van der Waals surface area contributed by atoms with Gasteiger partial charge < -0.3 is 20.1 Å². The molecule has 1 aromatic rings. The third-order valence-electron chi connectivity index (χ3n) is 2.92. The lowest BCUT2D eigenvalue weighted by molar-refractivity contribution is -0.0215. The van der Waals surface area contributed by atoms with Gasteiger partial charge in [0.25, 0.3) is 0 Å². The van der Waals surface area contributed by atoms with E-state index in [2.05, 4.69) is 0 Å². The van der Waals surface area contributed by atoms with Crippen molar-refractivity contribution < 1.29 is 20.1 Å². The Labute approximate surface area is 94.1 Å². The summed E-state index contributed by atoms with van der Waals surface area (Å²) in [6.07, 6.45) is -2.52. The van der Waals surface area contributed by atoms with Crippen molar-refractivity contribution in [2.45, 2.75) is 30.8 Å². The molecule has 4 atom stereocenters. The second-order valence-corrected chi connectivity index (χ2v) is 4.07. The summed E-state index contributed by atoms with van der Waals surface area (Å²) in [6.45, 7) is -0.274. The van der Waals surface area contributed by atoms with Crippen LogP contribution in [0.5, 0.6) is 0 Å². The highest BCUT2D eigenvalue weighted by molar-refractivity contribution is 5.16. The summed E-state index contributed by atoms with van der Waals surface area (Å²) in [5, 5.41) is 28.2. The first-order valence-electron chi connectivity index (χ1n) is 5.38. The number of hydrogen-bond donors (Lipinski definition) is 3. The van der Waals surface area contributed by atoms with Crippen LogP contribution in [0.2, 0.25) is 0 Å². The third kappa shape index (κ3) is 2.25. The highest BCUT2D eigenvalue weighted by Crippen LogP contribution is 2.23. The summed E-state index contributed by atoms with van der Waals surface area (Å²) in [6, 6.07) is 9.62. The van der Waals surface area contributed by atoms with Crippen molar-refractivity contribution in [3.63, 3.8) is 0 Å². The van der Waals surface area contributed by atoms with E-state index in [0.717, 1.165) is 5.56 Å². The molecule has 0 radical (unpaired) electrons. The molecular weight excluding hydrogens is 208 g/mol. The van der Waals surface area contributed by atoms with Crippen LogP contribution in [-0.4, -0.2) is 46.3 Å². The van der Waals surface area contributed by atoms with Gasteiger partial charge in [-0.15, -0.1) is 0 Å². The maximum Gasteiger partial charge on any atom is 0.111 e. The van der Waals surface area contributed by atoms with Gasteiger partial charge in [-0.2, -0.15) is 0 Å². The zero-order valence-electron chi connectivity index (χ0n) is 8.86. The molecule has 0 amide bonds. The first-order valence-corrected chi connectivity index (χ1v) is 5.38. The number of ether oxygens (including phenoxy) is 1. The molecule has 1 aliphatic rings. The SMILES string of the molecule is OC[C@H]1O[C@@H](Cc2ccccc2)C(O)C1O. The molecule has 0 aliphatic carbocycles. The van der Waals surface area contributed by atoms with E-state index in [1.54, 1.807) is 0 Å². The molecule has 0 bridgehead atoms. The van der Waals surface area contributed by atoms with Crippen LogP contribution >= 0.6 is 0 Å². The molecule has 1 saturated heterocycles. The number of hydrogen-bond acceptors (Lipinski definition) is 4. The summed E-state index contributed by atoms with van der Waals surface area (Å²) in [5.74, 6) is 0. The lowest BCUT2D eigenvalue weighted by Gasteiger charge is -2.14. The molecule has 16 heavy (non-hydrogen) atoms. The molecule has 88 valence electrons. The number of aliphatic hydroxyl groups is 3. The largest absolute Gasteiger partial charge is 0.394 e. The predicted molar refractivity (Wildman–Crippen MR) is 57.9 cm³/mol. The summed E-state index contributed by atoms with van der Waals surface area (Å²) in [4.78, 5) is 0. The van der Waals surface area contributed by atoms with E-state index in [4.69, 9.17) is 9.84 Å². The Kier molecular flexibility index (Phi) is 3.56. The Bertz CT molecular complexity index is 327. The van der Waals surface area contributed by atoms with Crippen LogP contribution in [0.25, 0.3) is 0 Å². The molecule has 4 nitrogen and oxygen atoms in total. The van der Waals surface area contributed by atoms with Crippen LogP contribution in [0.3, 0.4) is 0 Å². The van der Waals surface area contributed by atoms with E-state index >= 15 is 0 Å². The molecule has 4 heteroatoms. The van der Waals surface area contributed by atoms with Gasteiger partial charge in [-0.05, 0) is 5.56 Å². The first kappa shape index (κ1) is 11.5. The van der Waals surface area contributed by atoms with Crippen LogP contribution < -0.4 is 0 Å². The second kappa shape index (κ2) is 4.93. The summed E-state index contributed by atoms with van der Waals surface area (Å²) in [7, 11) is 0. The van der Waals surface area contributed by atoms with E-state index in [1.165, 1.54) is 0 Å². The molecule has 0 aromatic heterocycles. The van der Waals surface area contributed by atoms with Crippen molar-refractivity contribution in [3.8, 4) is 0 Å². The summed E-state index contributed by atoms with van der Waals surface area (Å²) >= 11 is 0. The number of rotatable bonds is 3. The van der Waals surface area contributed by atoms with Gasteiger partial charge in [0.15, 0.2) is 0 Å². The maximum atomic E-state index is 9.73. The molecule has 2 rings (SSSR count). The zero-order valence-corrected chi connectivity index (χ0v) is 8.86. The second-order valence-electron chi connectivity index (χ2n) is 4.07. The molecule has 0 saturated carbocycles. The Balaban J connectivity index is 2.01. The molecule has 1 aliphatic heterocycles. The average molecular weight is 224 g/mol. The Hall–Kier alpha value is -0.940. The van der Waals surface area contributed by atoms with Gasteiger partial charge in [0.05, 0.1) is 12.7 Å².